The Balaban J connectivity index is -0.0000000480. The molecule has 1 radical (unpaired) electrons. The minimum Gasteiger partial charge on any atom is -0.307 e. The van der Waals surface area contributed by atoms with Crippen molar-refractivity contribution < 1.29 is 9.59 Å². The fourth-order valence-corrected chi connectivity index (χ4v) is 0. The van der Waals surface area contributed by atoms with Gasteiger partial charge in [0.05, 0.1) is 0 Å². The molecule has 0 aromatic carbocycles. The van der Waals surface area contributed by atoms with Crippen LogP contribution in [-0.2, 0) is 9.59 Å². The number of carbonyl (C=O) groups excluding carboxylic acids is 2. The Morgan fingerprint density at radius 3 is 1.29 bits per heavy atom. The summed E-state index contributed by atoms with van der Waals surface area (Å²) in [6.45, 7) is 5.06. The molecule has 0 aliphatic heterocycles. The Labute approximate surface area is 65.6 Å². The number of Topliss-reactive ketones (excluding diaryl/α,β-unsaturated/α-hetero) is 1. The maximum absolute atomic E-state index is 9.44. The molecule has 0 N–H and O–H groups in total. The summed E-state index contributed by atoms with van der Waals surface area (Å²) < 4.78 is 0. The predicted octanol–water partition coefficient (Wildman–Crippen LogP) is 0.0296. The molecule has 0 rings (SSSR count). The van der Waals surface area contributed by atoms with Gasteiger partial charge >= 0.3 is 0 Å². The molecule has 0 bridgehead atoms. The van der Waals surface area contributed by atoms with Crippen LogP contribution < -0.4 is 0 Å². The quantitative estimate of drug-likeness (QED) is 0.413. The van der Waals surface area contributed by atoms with Gasteiger partial charge in [0.1, 0.15) is 12.6 Å². The van der Waals surface area contributed by atoms with Crippen molar-refractivity contribution >= 4 is 42.1 Å². The van der Waals surface area contributed by atoms with Gasteiger partial charge in [0, 0.05) is 29.6 Å². The number of hydrogen-bond acceptors (Lipinski definition) is 2. The van der Waals surface area contributed by atoms with Crippen molar-refractivity contribution in [3.8, 4) is 0 Å². The van der Waals surface area contributed by atoms with Gasteiger partial charge in [0.25, 0.3) is 0 Å². The third kappa shape index (κ3) is 1030. The predicted molar refractivity (Wildman–Crippen MR) is 29.2 cm³/mol. The summed E-state index contributed by atoms with van der Waals surface area (Å²) in [6.07, 6.45) is 0. The largest absolute Gasteiger partial charge is 0.307 e. The average molecular weight is 111 g/mol. The fourth-order valence-electron chi connectivity index (χ4n) is 0. The summed E-state index contributed by atoms with van der Waals surface area (Å²) in [4.78, 5) is 17.4. The zero-order chi connectivity index (χ0) is 5.58. The summed E-state index contributed by atoms with van der Waals surface area (Å²) in [5.74, 6) is 0.167. The molecule has 0 saturated heterocycles. The Morgan fingerprint density at radius 1 is 1.29 bits per heavy atom. The summed E-state index contributed by atoms with van der Waals surface area (Å²) >= 11 is 0. The molecular weight excluding hydrogens is 103 g/mol. The maximum atomic E-state index is 9.44. The van der Waals surface area contributed by atoms with Gasteiger partial charge in [-0.25, -0.2) is 0 Å². The number of rotatable bonds is 0. The van der Waals surface area contributed by atoms with Gasteiger partial charge in [-0.2, -0.15) is 0 Å². The number of hydrogen-bond donors (Lipinski definition) is 0. The molecule has 0 heterocycles. The SMILES string of the molecule is C=O.CC(C)=O.[Na]. The molecule has 37 valence electrons. The van der Waals surface area contributed by atoms with E-state index < -0.39 is 0 Å². The minimum absolute atomic E-state index is 0. The van der Waals surface area contributed by atoms with Crippen LogP contribution in [0.2, 0.25) is 0 Å². The smallest absolute Gasteiger partial charge is 0.126 e. The van der Waals surface area contributed by atoms with E-state index in [1.165, 1.54) is 13.8 Å². The molecule has 0 aliphatic rings. The third-order valence-electron chi connectivity index (χ3n) is 0. The van der Waals surface area contributed by atoms with Crippen molar-refractivity contribution in [3.05, 3.63) is 0 Å². The second kappa shape index (κ2) is 16.2. The van der Waals surface area contributed by atoms with Gasteiger partial charge in [0.15, 0.2) is 0 Å². The maximum Gasteiger partial charge on any atom is 0.126 e. The van der Waals surface area contributed by atoms with Crippen LogP contribution in [0, 0.1) is 0 Å². The Hall–Kier alpha value is 0.340. The van der Waals surface area contributed by atoms with E-state index in [9.17, 15) is 4.79 Å². The van der Waals surface area contributed by atoms with E-state index in [4.69, 9.17) is 4.79 Å². The van der Waals surface area contributed by atoms with Gasteiger partial charge in [-0.05, 0) is 13.8 Å². The third-order valence-corrected chi connectivity index (χ3v) is 0. The van der Waals surface area contributed by atoms with Crippen LogP contribution in [-0.4, -0.2) is 42.1 Å². The van der Waals surface area contributed by atoms with Crippen molar-refractivity contribution in [2.75, 3.05) is 0 Å². The molecule has 0 saturated carbocycles. The summed E-state index contributed by atoms with van der Waals surface area (Å²) in [7, 11) is 0. The normalized spacial score (nSPS) is 4.29. The Kier molecular flexibility index (Phi) is 36.3. The van der Waals surface area contributed by atoms with E-state index in [-0.39, 0.29) is 35.3 Å². The van der Waals surface area contributed by atoms with E-state index in [1.54, 1.807) is 0 Å². The molecular formula is C4H8NaO2. The molecule has 3 heteroatoms. The molecule has 0 aliphatic carbocycles. The van der Waals surface area contributed by atoms with Crippen LogP contribution in [0.3, 0.4) is 0 Å². The molecule has 0 fully saturated rings. The molecule has 2 nitrogen and oxygen atoms in total. The van der Waals surface area contributed by atoms with Crippen LogP contribution in [0.4, 0.5) is 0 Å². The zero-order valence-corrected chi connectivity index (χ0v) is 7.02. The molecule has 0 atom stereocenters. The average Bonchev–Trinajstić information content (AvgIpc) is 1.41. The van der Waals surface area contributed by atoms with Crippen LogP contribution >= 0.6 is 0 Å². The summed E-state index contributed by atoms with van der Waals surface area (Å²) in [5.41, 5.74) is 0. The molecule has 0 aromatic heterocycles. The van der Waals surface area contributed by atoms with Crippen molar-refractivity contribution in [3.63, 3.8) is 0 Å². The second-order valence-electron chi connectivity index (χ2n) is 0.908. The zero-order valence-electron chi connectivity index (χ0n) is 5.02. The Morgan fingerprint density at radius 2 is 1.29 bits per heavy atom. The first-order valence-corrected chi connectivity index (χ1v) is 1.49. The first-order valence-electron chi connectivity index (χ1n) is 1.49. The van der Waals surface area contributed by atoms with Crippen LogP contribution in [0.5, 0.6) is 0 Å². The number of carbonyl (C=O) groups is 2. The van der Waals surface area contributed by atoms with Crippen LogP contribution in [0.15, 0.2) is 0 Å². The minimum atomic E-state index is 0. The van der Waals surface area contributed by atoms with Gasteiger partial charge in [-0.1, -0.05) is 0 Å². The van der Waals surface area contributed by atoms with E-state index in [1.807, 2.05) is 6.79 Å². The molecule has 0 unspecified atom stereocenters. The second-order valence-corrected chi connectivity index (χ2v) is 0.908. The van der Waals surface area contributed by atoms with Gasteiger partial charge in [-0.3, -0.25) is 0 Å². The van der Waals surface area contributed by atoms with Crippen LogP contribution in [0.25, 0.3) is 0 Å². The standard InChI is InChI=1S/C3H6O.CH2O.Na/c1-3(2)4;1-2;/h1-2H3;1H2;. The van der Waals surface area contributed by atoms with Crippen molar-refractivity contribution in [2.24, 2.45) is 0 Å². The first-order chi connectivity index (χ1) is 2.73. The van der Waals surface area contributed by atoms with Crippen molar-refractivity contribution in [2.45, 2.75) is 13.8 Å². The molecule has 7 heavy (non-hydrogen) atoms. The molecule has 0 amide bonds. The van der Waals surface area contributed by atoms with E-state index in [0.717, 1.165) is 0 Å². The van der Waals surface area contributed by atoms with Crippen molar-refractivity contribution in [1.29, 1.82) is 0 Å². The Bertz CT molecular complexity index is 41.0. The summed E-state index contributed by atoms with van der Waals surface area (Å²) in [5, 5.41) is 0. The number of ketones is 1. The summed E-state index contributed by atoms with van der Waals surface area (Å²) in [6, 6.07) is 0. The van der Waals surface area contributed by atoms with Gasteiger partial charge in [0.2, 0.25) is 0 Å². The van der Waals surface area contributed by atoms with Gasteiger partial charge in [-0.15, -0.1) is 0 Å². The van der Waals surface area contributed by atoms with E-state index in [2.05, 4.69) is 0 Å². The molecule has 0 spiro atoms. The van der Waals surface area contributed by atoms with Crippen LogP contribution in [0.1, 0.15) is 13.8 Å². The molecule has 0 aromatic rings. The monoisotopic (exact) mass is 111 g/mol. The van der Waals surface area contributed by atoms with E-state index in [0.29, 0.717) is 0 Å². The topological polar surface area (TPSA) is 34.1 Å². The van der Waals surface area contributed by atoms with E-state index >= 15 is 0 Å². The van der Waals surface area contributed by atoms with Crippen molar-refractivity contribution in [1.82, 2.24) is 0 Å². The first kappa shape index (κ1) is 15.7. The van der Waals surface area contributed by atoms with Gasteiger partial charge < -0.3 is 9.59 Å². The fraction of sp³-hybridized carbons (Fsp3) is 0.500.